The molecule has 1 saturated heterocycles. The zero-order chi connectivity index (χ0) is 25.7. The molecule has 2 aromatic heterocycles. The van der Waals surface area contributed by atoms with E-state index in [1.54, 1.807) is 0 Å². The van der Waals surface area contributed by atoms with E-state index in [1.165, 1.54) is 18.3 Å². The summed E-state index contributed by atoms with van der Waals surface area (Å²) in [5, 5.41) is -0.313. The molecule has 186 valence electrons. The fourth-order valence-electron chi connectivity index (χ4n) is 4.05. The molecule has 0 unspecified atom stereocenters. The molecule has 1 aliphatic heterocycles. The Hall–Kier alpha value is -3.21. The van der Waals surface area contributed by atoms with Gasteiger partial charge in [-0.25, -0.2) is 13.8 Å². The second-order valence-corrected chi connectivity index (χ2v) is 9.01. The Morgan fingerprint density at radius 2 is 1.91 bits per heavy atom. The average Bonchev–Trinajstić information content (AvgIpc) is 3.10. The quantitative estimate of drug-likeness (QED) is 0.462. The molecule has 0 radical (unpaired) electrons. The molecular formula is C23H20ClF5N4O2. The lowest BCUT2D eigenvalue weighted by molar-refractivity contribution is -0.136. The van der Waals surface area contributed by atoms with Gasteiger partial charge in [-0.05, 0) is 36.1 Å². The number of halogens is 6. The van der Waals surface area contributed by atoms with E-state index in [1.807, 2.05) is 13.8 Å². The van der Waals surface area contributed by atoms with Crippen LogP contribution in [0.15, 0.2) is 30.5 Å². The number of pyridine rings is 1. The zero-order valence-electron chi connectivity index (χ0n) is 18.7. The maximum absolute atomic E-state index is 14.1. The molecule has 4 rings (SSSR count). The van der Waals surface area contributed by atoms with Gasteiger partial charge in [0.1, 0.15) is 11.7 Å². The number of amides is 2. The summed E-state index contributed by atoms with van der Waals surface area (Å²) >= 11 is 6.30. The third-order valence-electron chi connectivity index (χ3n) is 5.60. The minimum Gasteiger partial charge on any atom is -0.326 e. The zero-order valence-corrected chi connectivity index (χ0v) is 19.4. The molecule has 1 aliphatic rings. The average molecular weight is 515 g/mol. The van der Waals surface area contributed by atoms with Crippen LogP contribution < -0.4 is 4.90 Å². The Labute approximate surface area is 201 Å². The normalized spacial score (nSPS) is 14.9. The number of aromatic nitrogens is 2. The number of fused-ring (bicyclic) bond motifs is 1. The first-order chi connectivity index (χ1) is 16.4. The third-order valence-corrected chi connectivity index (χ3v) is 5.96. The van der Waals surface area contributed by atoms with Crippen LogP contribution in [-0.4, -0.2) is 45.7 Å². The van der Waals surface area contributed by atoms with Gasteiger partial charge in [0.2, 0.25) is 5.91 Å². The van der Waals surface area contributed by atoms with Crippen LogP contribution in [0.2, 0.25) is 5.15 Å². The molecule has 0 aliphatic carbocycles. The molecule has 0 atom stereocenters. The van der Waals surface area contributed by atoms with E-state index in [0.717, 1.165) is 26.3 Å². The molecule has 1 aromatic carbocycles. The summed E-state index contributed by atoms with van der Waals surface area (Å²) in [5.41, 5.74) is -1.87. The van der Waals surface area contributed by atoms with Gasteiger partial charge in [-0.2, -0.15) is 13.2 Å². The van der Waals surface area contributed by atoms with Crippen molar-refractivity contribution in [2.24, 2.45) is 5.92 Å². The number of carbonyl (C=O) groups is 2. The maximum atomic E-state index is 14.1. The lowest BCUT2D eigenvalue weighted by atomic mass is 10.0. The first-order valence-electron chi connectivity index (χ1n) is 10.7. The van der Waals surface area contributed by atoms with Gasteiger partial charge in [-0.3, -0.25) is 14.0 Å². The van der Waals surface area contributed by atoms with Crippen molar-refractivity contribution in [1.82, 2.24) is 14.3 Å². The summed E-state index contributed by atoms with van der Waals surface area (Å²) < 4.78 is 70.0. The van der Waals surface area contributed by atoms with Crippen molar-refractivity contribution in [3.05, 3.63) is 64.1 Å². The molecule has 1 fully saturated rings. The molecule has 0 saturated carbocycles. The Kier molecular flexibility index (Phi) is 6.48. The fraction of sp³-hybridized carbons (Fsp3) is 0.348. The minimum atomic E-state index is -4.74. The summed E-state index contributed by atoms with van der Waals surface area (Å²) in [5.74, 6) is -3.78. The van der Waals surface area contributed by atoms with E-state index in [-0.39, 0.29) is 29.8 Å². The highest BCUT2D eigenvalue weighted by molar-refractivity contribution is 6.33. The molecule has 0 spiro atoms. The standard InChI is InChI=1S/C23H20ClF5N4O2/c1-12(2)8-13-9-14(23(27,28)29)21-30-19(20(24)33(21)10-13)22(35)31-6-7-32(17(34)11-31)16-5-3-4-15(25)18(16)26/h3-5,9-10,12H,6-8,11H2,1-2H3. The number of hydrogen-bond donors (Lipinski definition) is 0. The van der Waals surface area contributed by atoms with Crippen LogP contribution in [0.4, 0.5) is 27.6 Å². The largest absolute Gasteiger partial charge is 0.419 e. The Morgan fingerprint density at radius 1 is 1.20 bits per heavy atom. The van der Waals surface area contributed by atoms with Gasteiger partial charge in [-0.15, -0.1) is 0 Å². The number of alkyl halides is 3. The number of hydrogen-bond acceptors (Lipinski definition) is 3. The molecule has 2 amide bonds. The number of piperazine rings is 1. The number of imidazole rings is 1. The molecule has 35 heavy (non-hydrogen) atoms. The number of anilines is 1. The monoisotopic (exact) mass is 514 g/mol. The molecular weight excluding hydrogens is 495 g/mol. The van der Waals surface area contributed by atoms with Crippen molar-refractivity contribution in [3.63, 3.8) is 0 Å². The van der Waals surface area contributed by atoms with E-state index < -0.39 is 53.1 Å². The lowest BCUT2D eigenvalue weighted by Gasteiger charge is -2.34. The summed E-state index contributed by atoms with van der Waals surface area (Å²) in [6.45, 7) is 2.96. The second kappa shape index (κ2) is 9.10. The molecule has 12 heteroatoms. The van der Waals surface area contributed by atoms with Gasteiger partial charge in [0, 0.05) is 19.3 Å². The second-order valence-electron chi connectivity index (χ2n) is 8.65. The number of nitrogens with zero attached hydrogens (tertiary/aromatic N) is 4. The van der Waals surface area contributed by atoms with Gasteiger partial charge >= 0.3 is 6.18 Å². The topological polar surface area (TPSA) is 57.9 Å². The Morgan fingerprint density at radius 3 is 2.54 bits per heavy atom. The highest BCUT2D eigenvalue weighted by atomic mass is 35.5. The van der Waals surface area contributed by atoms with Crippen molar-refractivity contribution in [3.8, 4) is 0 Å². The van der Waals surface area contributed by atoms with Crippen molar-refractivity contribution in [2.75, 3.05) is 24.5 Å². The van der Waals surface area contributed by atoms with Gasteiger partial charge in [0.25, 0.3) is 5.91 Å². The maximum Gasteiger partial charge on any atom is 0.419 e. The highest BCUT2D eigenvalue weighted by Gasteiger charge is 2.37. The molecule has 6 nitrogen and oxygen atoms in total. The predicted molar refractivity (Wildman–Crippen MR) is 118 cm³/mol. The SMILES string of the molecule is CC(C)Cc1cc(C(F)(F)F)c2nc(C(=O)N3CCN(c4cccc(F)c4F)C(=O)C3)c(Cl)n2c1. The molecule has 0 N–H and O–H groups in total. The predicted octanol–water partition coefficient (Wildman–Crippen LogP) is 4.97. The summed E-state index contributed by atoms with van der Waals surface area (Å²) in [6.07, 6.45) is -2.98. The van der Waals surface area contributed by atoms with Gasteiger partial charge in [0.15, 0.2) is 23.0 Å². The van der Waals surface area contributed by atoms with E-state index in [0.29, 0.717) is 12.0 Å². The first-order valence-corrected chi connectivity index (χ1v) is 11.1. The fourth-order valence-corrected chi connectivity index (χ4v) is 4.31. The first kappa shape index (κ1) is 24.9. The van der Waals surface area contributed by atoms with Crippen LogP contribution in [0.25, 0.3) is 5.65 Å². The van der Waals surface area contributed by atoms with Crippen molar-refractivity contribution in [1.29, 1.82) is 0 Å². The molecule has 3 heterocycles. The summed E-state index contributed by atoms with van der Waals surface area (Å²) in [4.78, 5) is 31.7. The summed E-state index contributed by atoms with van der Waals surface area (Å²) in [7, 11) is 0. The van der Waals surface area contributed by atoms with Crippen LogP contribution >= 0.6 is 11.6 Å². The molecule has 0 bridgehead atoms. The number of benzene rings is 1. The van der Waals surface area contributed by atoms with E-state index >= 15 is 0 Å². The van der Waals surface area contributed by atoms with Crippen molar-refractivity contribution < 1.29 is 31.5 Å². The number of carbonyl (C=O) groups excluding carboxylic acids is 2. The van der Waals surface area contributed by atoms with Crippen LogP contribution in [0.3, 0.4) is 0 Å². The smallest absolute Gasteiger partial charge is 0.326 e. The van der Waals surface area contributed by atoms with Gasteiger partial charge in [0.05, 0.1) is 11.3 Å². The molecule has 3 aromatic rings. The highest BCUT2D eigenvalue weighted by Crippen LogP contribution is 2.35. The van der Waals surface area contributed by atoms with Crippen LogP contribution in [-0.2, 0) is 17.4 Å². The number of rotatable bonds is 4. The van der Waals surface area contributed by atoms with Crippen LogP contribution in [0.5, 0.6) is 0 Å². The Balaban J connectivity index is 1.66. The van der Waals surface area contributed by atoms with Gasteiger partial charge in [-0.1, -0.05) is 31.5 Å². The third kappa shape index (κ3) is 4.69. The van der Waals surface area contributed by atoms with Crippen molar-refractivity contribution >= 4 is 34.7 Å². The van der Waals surface area contributed by atoms with Crippen LogP contribution in [0.1, 0.15) is 35.5 Å². The van der Waals surface area contributed by atoms with Crippen LogP contribution in [0, 0.1) is 17.6 Å². The minimum absolute atomic E-state index is 0.0715. The lowest BCUT2D eigenvalue weighted by Crippen LogP contribution is -2.52. The van der Waals surface area contributed by atoms with Gasteiger partial charge < -0.3 is 9.80 Å². The van der Waals surface area contributed by atoms with Crippen molar-refractivity contribution in [2.45, 2.75) is 26.4 Å². The van der Waals surface area contributed by atoms with E-state index in [4.69, 9.17) is 11.6 Å². The summed E-state index contributed by atoms with van der Waals surface area (Å²) in [6, 6.07) is 4.39. The van der Waals surface area contributed by atoms with E-state index in [9.17, 15) is 31.5 Å². The Bertz CT molecular complexity index is 1320. The van der Waals surface area contributed by atoms with E-state index in [2.05, 4.69) is 4.98 Å².